The number of fused-ring (bicyclic) bond motifs is 1. The summed E-state index contributed by atoms with van der Waals surface area (Å²) in [6.45, 7) is 4.29. The van der Waals surface area contributed by atoms with Gasteiger partial charge in [0, 0.05) is 5.56 Å². The Bertz CT molecular complexity index is 920. The summed E-state index contributed by atoms with van der Waals surface area (Å²) in [4.78, 5) is 5.51. The summed E-state index contributed by atoms with van der Waals surface area (Å²) in [5, 5.41) is 4.22. The monoisotopic (exact) mass is 305 g/mol. The smallest absolute Gasteiger partial charge is 0.212 e. The van der Waals surface area contributed by atoms with Crippen LogP contribution < -0.4 is 0 Å². The van der Waals surface area contributed by atoms with Crippen LogP contribution in [0.15, 0.2) is 54.2 Å². The lowest BCUT2D eigenvalue weighted by Gasteiger charge is -2.06. The molecule has 4 aromatic rings. The third-order valence-electron chi connectivity index (χ3n) is 4.01. The Kier molecular flexibility index (Phi) is 3.05. The minimum atomic E-state index is 0.924. The first-order valence-corrected chi connectivity index (χ1v) is 8.05. The minimum absolute atomic E-state index is 0.924. The van der Waals surface area contributed by atoms with Crippen molar-refractivity contribution in [3.05, 3.63) is 65.3 Å². The summed E-state index contributed by atoms with van der Waals surface area (Å²) in [7, 11) is 0. The third-order valence-corrected chi connectivity index (χ3v) is 4.70. The maximum absolute atomic E-state index is 4.59. The molecule has 0 aliphatic heterocycles. The Hall–Kier alpha value is -2.46. The molecule has 4 heteroatoms. The van der Waals surface area contributed by atoms with Crippen molar-refractivity contribution in [2.75, 3.05) is 0 Å². The highest BCUT2D eigenvalue weighted by molar-refractivity contribution is 7.14. The van der Waals surface area contributed by atoms with Crippen LogP contribution in [0.3, 0.4) is 0 Å². The van der Waals surface area contributed by atoms with Gasteiger partial charge in [-0.2, -0.15) is 5.10 Å². The molecule has 0 unspecified atom stereocenters. The fraction of sp³-hybridized carbons (Fsp3) is 0.111. The molecular weight excluding hydrogens is 290 g/mol. The summed E-state index contributed by atoms with van der Waals surface area (Å²) in [5.41, 5.74) is 9.01. The number of nitrogens with zero attached hydrogens (tertiary/aromatic N) is 3. The molecule has 0 aliphatic carbocycles. The summed E-state index contributed by atoms with van der Waals surface area (Å²) >= 11 is 1.55. The van der Waals surface area contributed by atoms with Gasteiger partial charge >= 0.3 is 0 Å². The Morgan fingerprint density at radius 1 is 0.864 bits per heavy atom. The lowest BCUT2D eigenvalue weighted by atomic mass is 9.99. The van der Waals surface area contributed by atoms with Crippen molar-refractivity contribution >= 4 is 16.3 Å². The summed E-state index contributed by atoms with van der Waals surface area (Å²) in [5.74, 6) is 0. The fourth-order valence-electron chi connectivity index (χ4n) is 2.53. The van der Waals surface area contributed by atoms with Gasteiger partial charge < -0.3 is 0 Å². The van der Waals surface area contributed by atoms with E-state index >= 15 is 0 Å². The molecule has 0 fully saturated rings. The maximum Gasteiger partial charge on any atom is 0.212 e. The number of aromatic nitrogens is 3. The van der Waals surface area contributed by atoms with Gasteiger partial charge in [0.1, 0.15) is 5.51 Å². The van der Waals surface area contributed by atoms with Crippen molar-refractivity contribution in [3.63, 3.8) is 0 Å². The van der Waals surface area contributed by atoms with E-state index in [0.29, 0.717) is 0 Å². The minimum Gasteiger partial charge on any atom is -0.217 e. The SMILES string of the molecule is Cc1ccc(-c2ccc(-c3cn4ncsc4n3)cc2)cc1C. The largest absolute Gasteiger partial charge is 0.217 e. The van der Waals surface area contributed by atoms with E-state index in [1.165, 1.54) is 22.3 Å². The van der Waals surface area contributed by atoms with Crippen molar-refractivity contribution in [3.8, 4) is 22.4 Å². The second kappa shape index (κ2) is 5.07. The fourth-order valence-corrected chi connectivity index (χ4v) is 3.13. The van der Waals surface area contributed by atoms with Gasteiger partial charge in [0.05, 0.1) is 11.9 Å². The van der Waals surface area contributed by atoms with E-state index in [1.54, 1.807) is 16.8 Å². The highest BCUT2D eigenvalue weighted by Crippen LogP contribution is 2.26. The average Bonchev–Trinajstić information content (AvgIpc) is 3.12. The van der Waals surface area contributed by atoms with Crippen molar-refractivity contribution in [2.45, 2.75) is 13.8 Å². The van der Waals surface area contributed by atoms with Crippen LogP contribution in [-0.4, -0.2) is 14.6 Å². The van der Waals surface area contributed by atoms with Crippen molar-refractivity contribution in [1.82, 2.24) is 14.6 Å². The summed E-state index contributed by atoms with van der Waals surface area (Å²) < 4.78 is 1.82. The first-order valence-electron chi connectivity index (χ1n) is 7.18. The number of hydrogen-bond donors (Lipinski definition) is 0. The molecule has 0 radical (unpaired) electrons. The van der Waals surface area contributed by atoms with Crippen molar-refractivity contribution in [1.29, 1.82) is 0 Å². The zero-order valence-corrected chi connectivity index (χ0v) is 13.3. The van der Waals surface area contributed by atoms with Gasteiger partial charge in [0.2, 0.25) is 4.96 Å². The molecule has 108 valence electrons. The molecule has 0 N–H and O–H groups in total. The zero-order chi connectivity index (χ0) is 15.1. The van der Waals surface area contributed by atoms with Gasteiger partial charge in [-0.1, -0.05) is 53.8 Å². The van der Waals surface area contributed by atoms with Gasteiger partial charge in [-0.05, 0) is 36.1 Å². The van der Waals surface area contributed by atoms with E-state index in [9.17, 15) is 0 Å². The maximum atomic E-state index is 4.59. The number of benzene rings is 2. The molecule has 4 rings (SSSR count). The van der Waals surface area contributed by atoms with E-state index in [2.05, 4.69) is 66.4 Å². The van der Waals surface area contributed by atoms with E-state index in [0.717, 1.165) is 16.2 Å². The number of hydrogen-bond acceptors (Lipinski definition) is 3. The zero-order valence-electron chi connectivity index (χ0n) is 12.4. The highest BCUT2D eigenvalue weighted by Gasteiger charge is 2.06. The van der Waals surface area contributed by atoms with Gasteiger partial charge in [-0.3, -0.25) is 0 Å². The number of rotatable bonds is 2. The molecule has 2 aromatic carbocycles. The van der Waals surface area contributed by atoms with Gasteiger partial charge in [-0.15, -0.1) is 0 Å². The van der Waals surface area contributed by atoms with Crippen LogP contribution in [0.2, 0.25) is 0 Å². The first-order chi connectivity index (χ1) is 10.7. The van der Waals surface area contributed by atoms with Crippen molar-refractivity contribution in [2.24, 2.45) is 0 Å². The van der Waals surface area contributed by atoms with Crippen LogP contribution in [0.1, 0.15) is 11.1 Å². The molecule has 0 saturated carbocycles. The first kappa shape index (κ1) is 13.2. The molecule has 0 saturated heterocycles. The molecule has 0 atom stereocenters. The van der Waals surface area contributed by atoms with Crippen LogP contribution in [0, 0.1) is 13.8 Å². The van der Waals surface area contributed by atoms with Crippen LogP contribution >= 0.6 is 11.3 Å². The number of aryl methyl sites for hydroxylation is 2. The molecule has 0 bridgehead atoms. The molecule has 0 spiro atoms. The van der Waals surface area contributed by atoms with Crippen molar-refractivity contribution < 1.29 is 0 Å². The summed E-state index contributed by atoms with van der Waals surface area (Å²) in [6, 6.07) is 15.1. The Labute approximate surface area is 132 Å². The lowest BCUT2D eigenvalue weighted by Crippen LogP contribution is -1.84. The molecule has 2 heterocycles. The third kappa shape index (κ3) is 2.22. The normalized spacial score (nSPS) is 11.2. The van der Waals surface area contributed by atoms with Crippen LogP contribution in [0.5, 0.6) is 0 Å². The molecule has 0 amide bonds. The van der Waals surface area contributed by atoms with Gasteiger partial charge in [0.15, 0.2) is 0 Å². The van der Waals surface area contributed by atoms with E-state index < -0.39 is 0 Å². The standard InChI is InChI=1S/C18H15N3S/c1-12-3-4-16(9-13(12)2)14-5-7-15(8-6-14)17-10-21-18(20-17)22-11-19-21/h3-11H,1-2H3. The molecule has 3 nitrogen and oxygen atoms in total. The van der Waals surface area contributed by atoms with Gasteiger partial charge in [0.25, 0.3) is 0 Å². The highest BCUT2D eigenvalue weighted by atomic mass is 32.1. The predicted molar refractivity (Wildman–Crippen MR) is 91.2 cm³/mol. The Morgan fingerprint density at radius 3 is 2.32 bits per heavy atom. The van der Waals surface area contributed by atoms with E-state index in [-0.39, 0.29) is 0 Å². The Morgan fingerprint density at radius 2 is 1.59 bits per heavy atom. The number of imidazole rings is 1. The molecule has 22 heavy (non-hydrogen) atoms. The predicted octanol–water partition coefficient (Wildman–Crippen LogP) is 4.74. The van der Waals surface area contributed by atoms with Crippen LogP contribution in [0.25, 0.3) is 27.3 Å². The molecule has 2 aromatic heterocycles. The topological polar surface area (TPSA) is 30.2 Å². The average molecular weight is 305 g/mol. The van der Waals surface area contributed by atoms with Crippen LogP contribution in [-0.2, 0) is 0 Å². The summed E-state index contributed by atoms with van der Waals surface area (Å²) in [6.07, 6.45) is 1.97. The van der Waals surface area contributed by atoms with E-state index in [1.807, 2.05) is 10.7 Å². The Balaban J connectivity index is 1.70. The quantitative estimate of drug-likeness (QED) is 0.535. The second-order valence-electron chi connectivity index (χ2n) is 5.47. The molecular formula is C18H15N3S. The molecule has 0 aliphatic rings. The van der Waals surface area contributed by atoms with Gasteiger partial charge in [-0.25, -0.2) is 9.50 Å². The second-order valence-corrected chi connectivity index (χ2v) is 6.28. The lowest BCUT2D eigenvalue weighted by molar-refractivity contribution is 0.974. The van der Waals surface area contributed by atoms with E-state index in [4.69, 9.17) is 0 Å². The van der Waals surface area contributed by atoms with Crippen LogP contribution in [0.4, 0.5) is 0 Å².